The van der Waals surface area contributed by atoms with Crippen molar-refractivity contribution in [1.29, 1.82) is 0 Å². The zero-order valence-electron chi connectivity index (χ0n) is 16.1. The second-order valence-corrected chi connectivity index (χ2v) is 8.16. The Morgan fingerprint density at radius 1 is 1.22 bits per heavy atom. The molecule has 1 aliphatic heterocycles. The van der Waals surface area contributed by atoms with E-state index in [1.807, 2.05) is 0 Å². The van der Waals surface area contributed by atoms with E-state index in [-0.39, 0.29) is 12.1 Å². The first-order valence-corrected chi connectivity index (χ1v) is 9.87. The van der Waals surface area contributed by atoms with Crippen molar-refractivity contribution in [3.05, 3.63) is 17.8 Å². The Morgan fingerprint density at radius 2 is 1.93 bits per heavy atom. The Balaban J connectivity index is 1.70. The summed E-state index contributed by atoms with van der Waals surface area (Å²) in [5.74, 6) is 0.0393. The molecule has 27 heavy (non-hydrogen) atoms. The number of amides is 2. The van der Waals surface area contributed by atoms with Crippen molar-refractivity contribution in [2.24, 2.45) is 11.8 Å². The lowest BCUT2D eigenvalue weighted by atomic mass is 9.77. The topological polar surface area (TPSA) is 109 Å². The molecule has 2 atom stereocenters. The van der Waals surface area contributed by atoms with Crippen LogP contribution in [0.4, 0.5) is 11.5 Å². The average molecular weight is 374 g/mol. The number of aliphatic hydroxyl groups excluding tert-OH is 1. The molecule has 2 fully saturated rings. The molecule has 1 saturated carbocycles. The van der Waals surface area contributed by atoms with Crippen molar-refractivity contribution >= 4 is 23.3 Å². The van der Waals surface area contributed by atoms with Gasteiger partial charge in [0.25, 0.3) is 0 Å². The zero-order chi connectivity index (χ0) is 19.6. The number of hydrogen-bond donors (Lipinski definition) is 3. The minimum atomic E-state index is -0.629. The van der Waals surface area contributed by atoms with E-state index in [2.05, 4.69) is 17.2 Å². The summed E-state index contributed by atoms with van der Waals surface area (Å²) < 4.78 is 0. The summed E-state index contributed by atoms with van der Waals surface area (Å²) in [4.78, 5) is 31.3. The number of aliphatic hydroxyl groups is 1. The quantitative estimate of drug-likeness (QED) is 0.687. The number of aryl methyl sites for hydroxylation is 1. The molecular weight excluding hydrogens is 344 g/mol. The van der Waals surface area contributed by atoms with E-state index in [0.29, 0.717) is 29.9 Å². The predicted octanol–water partition coefficient (Wildman–Crippen LogP) is 2.09. The summed E-state index contributed by atoms with van der Waals surface area (Å²) in [6, 6.07) is 1.80. The minimum absolute atomic E-state index is 0.0817. The number of nitrogens with one attached hydrogen (secondary N) is 1. The van der Waals surface area contributed by atoms with Gasteiger partial charge in [-0.1, -0.05) is 6.92 Å². The van der Waals surface area contributed by atoms with E-state index in [0.717, 1.165) is 44.1 Å². The van der Waals surface area contributed by atoms with E-state index < -0.39 is 11.8 Å². The molecule has 1 aromatic heterocycles. The van der Waals surface area contributed by atoms with Crippen LogP contribution < -0.4 is 11.1 Å². The average Bonchev–Trinajstić information content (AvgIpc) is 2.65. The second-order valence-electron chi connectivity index (χ2n) is 8.16. The molecule has 4 N–H and O–H groups in total. The van der Waals surface area contributed by atoms with Gasteiger partial charge in [-0.25, -0.2) is 4.98 Å². The highest BCUT2D eigenvalue weighted by atomic mass is 16.3. The van der Waals surface area contributed by atoms with Crippen molar-refractivity contribution in [3.8, 4) is 0 Å². The van der Waals surface area contributed by atoms with E-state index in [4.69, 9.17) is 5.73 Å². The fourth-order valence-electron chi connectivity index (χ4n) is 4.35. The van der Waals surface area contributed by atoms with Gasteiger partial charge in [0.15, 0.2) is 0 Å². The Hall–Kier alpha value is -2.15. The van der Waals surface area contributed by atoms with Crippen LogP contribution in [0.5, 0.6) is 0 Å². The number of pyridine rings is 1. The molecule has 3 rings (SSSR count). The number of nitrogens with zero attached hydrogens (tertiary/aromatic N) is 2. The SMILES string of the molecule is Cc1cc(NC(=O)C(=O)N2C[C@H](C)CC[C@@H]2C2CCC(O)CC2)cnc1N. The molecule has 7 heteroatoms. The lowest BCUT2D eigenvalue weighted by Crippen LogP contribution is -2.53. The van der Waals surface area contributed by atoms with E-state index in [1.54, 1.807) is 17.9 Å². The predicted molar refractivity (Wildman–Crippen MR) is 104 cm³/mol. The number of nitrogens with two attached hydrogens (primary N) is 1. The monoisotopic (exact) mass is 374 g/mol. The lowest BCUT2D eigenvalue weighted by molar-refractivity contribution is -0.148. The number of carbonyl (C=O) groups excluding carboxylic acids is 2. The van der Waals surface area contributed by atoms with Gasteiger partial charge in [-0.3, -0.25) is 9.59 Å². The van der Waals surface area contributed by atoms with Gasteiger partial charge in [0.05, 0.1) is 18.0 Å². The number of piperidine rings is 1. The standard InChI is InChI=1S/C20H30N4O3/c1-12-3-8-17(14-4-6-16(25)7-5-14)24(11-12)20(27)19(26)23-15-9-13(2)18(21)22-10-15/h9-10,12,14,16-17,25H,3-8,11H2,1-2H3,(H2,21,22)(H,23,26)/t12-,14?,16?,17-/m1/s1. The van der Waals surface area contributed by atoms with E-state index >= 15 is 0 Å². The number of nitrogen functional groups attached to an aromatic ring is 1. The Labute approximate surface area is 160 Å². The number of hydrogen-bond acceptors (Lipinski definition) is 5. The lowest BCUT2D eigenvalue weighted by Gasteiger charge is -2.44. The first-order chi connectivity index (χ1) is 12.8. The maximum atomic E-state index is 12.9. The van der Waals surface area contributed by atoms with Crippen molar-refractivity contribution in [2.75, 3.05) is 17.6 Å². The minimum Gasteiger partial charge on any atom is -0.393 e. The van der Waals surface area contributed by atoms with Crippen LogP contribution in [0.2, 0.25) is 0 Å². The molecule has 2 heterocycles. The summed E-state index contributed by atoms with van der Waals surface area (Å²) in [5.41, 5.74) is 6.93. The number of anilines is 2. The molecule has 1 saturated heterocycles. The highest BCUT2D eigenvalue weighted by molar-refractivity contribution is 6.39. The highest BCUT2D eigenvalue weighted by Gasteiger charge is 2.38. The number of carbonyl (C=O) groups is 2. The summed E-state index contributed by atoms with van der Waals surface area (Å²) in [6.07, 6.45) is 6.60. The molecule has 7 nitrogen and oxygen atoms in total. The molecular formula is C20H30N4O3. The van der Waals surface area contributed by atoms with Gasteiger partial charge >= 0.3 is 11.8 Å². The Bertz CT molecular complexity index is 700. The third kappa shape index (κ3) is 4.58. The van der Waals surface area contributed by atoms with Crippen LogP contribution in [0.25, 0.3) is 0 Å². The van der Waals surface area contributed by atoms with Crippen LogP contribution in [-0.4, -0.2) is 45.5 Å². The maximum absolute atomic E-state index is 12.9. The zero-order valence-corrected chi connectivity index (χ0v) is 16.1. The van der Waals surface area contributed by atoms with Gasteiger partial charge in [0, 0.05) is 12.6 Å². The number of likely N-dealkylation sites (tertiary alicyclic amines) is 1. The van der Waals surface area contributed by atoms with Gasteiger partial charge in [0.1, 0.15) is 5.82 Å². The first kappa shape index (κ1) is 19.6. The molecule has 0 unspecified atom stereocenters. The van der Waals surface area contributed by atoms with Crippen molar-refractivity contribution in [3.63, 3.8) is 0 Å². The molecule has 0 aromatic carbocycles. The molecule has 2 aliphatic rings. The van der Waals surface area contributed by atoms with Crippen LogP contribution in [0.15, 0.2) is 12.3 Å². The molecule has 0 bridgehead atoms. The van der Waals surface area contributed by atoms with Crippen molar-refractivity contribution in [1.82, 2.24) is 9.88 Å². The van der Waals surface area contributed by atoms with Crippen molar-refractivity contribution in [2.45, 2.75) is 64.5 Å². The van der Waals surface area contributed by atoms with Crippen LogP contribution >= 0.6 is 0 Å². The highest BCUT2D eigenvalue weighted by Crippen LogP contribution is 2.35. The summed E-state index contributed by atoms with van der Waals surface area (Å²) in [7, 11) is 0. The number of aromatic nitrogens is 1. The van der Waals surface area contributed by atoms with Gasteiger partial charge in [0.2, 0.25) is 0 Å². The molecule has 0 radical (unpaired) electrons. The van der Waals surface area contributed by atoms with Gasteiger partial charge in [-0.15, -0.1) is 0 Å². The first-order valence-electron chi connectivity index (χ1n) is 9.87. The molecule has 148 valence electrons. The normalized spacial score (nSPS) is 28.6. The maximum Gasteiger partial charge on any atom is 0.313 e. The molecule has 0 spiro atoms. The number of rotatable bonds is 2. The van der Waals surface area contributed by atoms with Gasteiger partial charge in [-0.05, 0) is 68.9 Å². The van der Waals surface area contributed by atoms with E-state index in [9.17, 15) is 14.7 Å². The third-order valence-corrected chi connectivity index (χ3v) is 5.98. The van der Waals surface area contributed by atoms with Crippen LogP contribution in [-0.2, 0) is 9.59 Å². The van der Waals surface area contributed by atoms with Crippen molar-refractivity contribution < 1.29 is 14.7 Å². The molecule has 1 aliphatic carbocycles. The van der Waals surface area contributed by atoms with Gasteiger partial charge < -0.3 is 21.1 Å². The smallest absolute Gasteiger partial charge is 0.313 e. The molecule has 1 aromatic rings. The van der Waals surface area contributed by atoms with E-state index in [1.165, 1.54) is 6.20 Å². The fourth-order valence-corrected chi connectivity index (χ4v) is 4.35. The van der Waals surface area contributed by atoms with Gasteiger partial charge in [-0.2, -0.15) is 0 Å². The second kappa shape index (κ2) is 8.25. The Kier molecular flexibility index (Phi) is 5.99. The molecule has 2 amide bonds. The third-order valence-electron chi connectivity index (χ3n) is 5.98. The summed E-state index contributed by atoms with van der Waals surface area (Å²) in [5, 5.41) is 12.4. The largest absolute Gasteiger partial charge is 0.393 e. The fraction of sp³-hybridized carbons (Fsp3) is 0.650. The van der Waals surface area contributed by atoms with Crippen LogP contribution in [0.3, 0.4) is 0 Å². The van der Waals surface area contributed by atoms with Crippen LogP contribution in [0, 0.1) is 18.8 Å². The Morgan fingerprint density at radius 3 is 2.59 bits per heavy atom. The van der Waals surface area contributed by atoms with Crippen LogP contribution in [0.1, 0.15) is 51.0 Å². The summed E-state index contributed by atoms with van der Waals surface area (Å²) >= 11 is 0. The summed E-state index contributed by atoms with van der Waals surface area (Å²) in [6.45, 7) is 4.53.